The first kappa shape index (κ1) is 99.1. The van der Waals surface area contributed by atoms with E-state index >= 15 is 0 Å². The first-order chi connectivity index (χ1) is 64.3. The number of nitrogens with two attached hydrogens (primary N) is 2. The summed E-state index contributed by atoms with van der Waals surface area (Å²) in [5.74, 6) is -0.504. The van der Waals surface area contributed by atoms with Gasteiger partial charge in [-0.15, -0.1) is 24.8 Å². The Hall–Kier alpha value is -13.4. The van der Waals surface area contributed by atoms with Crippen molar-refractivity contribution in [1.29, 1.82) is 0 Å². The van der Waals surface area contributed by atoms with Crippen LogP contribution in [0.25, 0.3) is 66.8 Å². The van der Waals surface area contributed by atoms with Gasteiger partial charge in [0.2, 0.25) is 0 Å². The number of carbonyl (C=O) groups excluding carboxylic acids is 5. The molecule has 0 saturated heterocycles. The van der Waals surface area contributed by atoms with E-state index in [0.29, 0.717) is 83.5 Å². The minimum atomic E-state index is -0.507. The van der Waals surface area contributed by atoms with E-state index in [-0.39, 0.29) is 79.8 Å². The van der Waals surface area contributed by atoms with E-state index in [0.717, 1.165) is 72.3 Å². The van der Waals surface area contributed by atoms with Crippen molar-refractivity contribution in [2.45, 2.75) is 155 Å². The van der Waals surface area contributed by atoms with Crippen molar-refractivity contribution in [3.63, 3.8) is 0 Å². The summed E-state index contributed by atoms with van der Waals surface area (Å²) >= 11 is 0. The van der Waals surface area contributed by atoms with Crippen molar-refractivity contribution in [2.75, 3.05) is 39.3 Å². The first-order valence-electron chi connectivity index (χ1n) is 44.4. The van der Waals surface area contributed by atoms with Crippen LogP contribution in [0, 0.1) is 0 Å². The van der Waals surface area contributed by atoms with Crippen molar-refractivity contribution >= 4 is 54.9 Å². The van der Waals surface area contributed by atoms with Gasteiger partial charge in [0.25, 0.3) is 11.8 Å². The van der Waals surface area contributed by atoms with Crippen LogP contribution in [0.5, 0.6) is 0 Å². The van der Waals surface area contributed by atoms with Crippen LogP contribution < -0.4 is 27.4 Å². The number of nitrogens with one attached hydrogen (secondary N) is 3. The Labute approximate surface area is 798 Å². The number of pyridine rings is 6. The number of fused-ring (bicyclic) bond motifs is 7. The Morgan fingerprint density at radius 1 is 0.296 bits per heavy atom. The van der Waals surface area contributed by atoms with Gasteiger partial charge in [0.1, 0.15) is 41.2 Å². The van der Waals surface area contributed by atoms with Gasteiger partial charge in [-0.25, -0.2) is 14.4 Å². The standard InChI is InChI=1S/C22H16N2O3.3C19H22N2O3.2C14H14N2O.2ClH/c25-21-17-4-1-2-5-18(17)22(26)24(21)12-20-16-7-3-6-15(19(16)13-27-20)14-8-10-23-11-9-14;3*1-19(2,3)24-18(22)21-11-17-15-6-4-5-14(16(15)12-23-17)13-7-9-20-10-8-13;2*15-8-14-12-3-1-2-11(13(12)9-17-14)10-4-6-16-7-5-10;;/h1-11,20H,12-13H2;3*4-10,17H,11-12H2,1-3H3,(H,21,22);2*1-7,14H,8-9,15H2;2*1H/t;2*17-;;2*14-;;/m.10.10../s1. The maximum absolute atomic E-state index is 12.6. The van der Waals surface area contributed by atoms with Crippen molar-refractivity contribution in [2.24, 2.45) is 11.5 Å². The van der Waals surface area contributed by atoms with Crippen LogP contribution in [-0.2, 0) is 82.3 Å². The molecule has 26 nitrogen and oxygen atoms in total. The molecule has 135 heavy (non-hydrogen) atoms. The third-order valence-electron chi connectivity index (χ3n) is 23.0. The molecule has 20 rings (SSSR count). The molecule has 0 fully saturated rings. The molecule has 0 saturated carbocycles. The van der Waals surface area contributed by atoms with E-state index < -0.39 is 35.1 Å². The van der Waals surface area contributed by atoms with Gasteiger partial charge < -0.3 is 70.0 Å². The Kier molecular flexibility index (Phi) is 33.5. The second-order valence-electron chi connectivity index (χ2n) is 35.3. The SMILES string of the molecule is CC(C)(C)OC(=O)NCC1OCc2c(-c3ccncc3)cccc21.CC(C)(C)OC(=O)NC[C@@H]1OCc2c(-c3ccncc3)cccc21.CC(C)(C)OC(=O)NC[C@H]1OCc2c(-c3ccncc3)cccc21.Cl.Cl.NC[C@@H]1OCc2c(-c3ccncc3)cccc21.NC[C@H]1OCc2c(-c3ccncc3)cccc21.O=C1c2ccccc2C(=O)N1CC1OCc2c(-c3ccncc3)cccc21. The highest BCUT2D eigenvalue weighted by atomic mass is 35.5. The highest BCUT2D eigenvalue weighted by Gasteiger charge is 2.40. The number of benzene rings is 7. The number of carbonyl (C=O) groups is 5. The number of hydrogen-bond acceptors (Lipinski definition) is 22. The lowest BCUT2D eigenvalue weighted by Crippen LogP contribution is -2.34. The molecule has 698 valence electrons. The normalized spacial score (nSPS) is 17.0. The molecular weight excluding hydrogens is 1750 g/mol. The van der Waals surface area contributed by atoms with Gasteiger partial charge in [-0.2, -0.15) is 0 Å². The molecule has 13 heterocycles. The Morgan fingerprint density at radius 3 is 0.704 bits per heavy atom. The maximum atomic E-state index is 12.6. The topological polar surface area (TPSA) is 337 Å². The predicted octanol–water partition coefficient (Wildman–Crippen LogP) is 20.6. The summed E-state index contributed by atoms with van der Waals surface area (Å²) in [4.78, 5) is 86.4. The van der Waals surface area contributed by atoms with Crippen LogP contribution in [0.2, 0.25) is 0 Å². The summed E-state index contributed by atoms with van der Waals surface area (Å²) in [7, 11) is 0. The van der Waals surface area contributed by atoms with Crippen molar-refractivity contribution < 1.29 is 66.6 Å². The molecule has 7 aliphatic heterocycles. The number of nitrogens with zero attached hydrogens (tertiary/aromatic N) is 7. The van der Waals surface area contributed by atoms with E-state index in [1.54, 1.807) is 73.8 Å². The van der Waals surface area contributed by atoms with Gasteiger partial charge in [-0.05, 0) is 281 Å². The van der Waals surface area contributed by atoms with Gasteiger partial charge in [0.15, 0.2) is 0 Å². The fraction of sp³-hybridized carbons (Fsp3) is 0.280. The number of halogens is 2. The summed E-state index contributed by atoms with van der Waals surface area (Å²) in [6.45, 7) is 22.4. The summed E-state index contributed by atoms with van der Waals surface area (Å²) in [6, 6.07) is 68.0. The monoisotopic (exact) mass is 1860 g/mol. The van der Waals surface area contributed by atoms with E-state index in [1.165, 1.54) is 66.1 Å². The Bertz CT molecular complexity index is 5780. The molecule has 7 aromatic carbocycles. The minimum Gasteiger partial charge on any atom is -0.444 e. The smallest absolute Gasteiger partial charge is 0.407 e. The molecule has 0 spiro atoms. The first-order valence-corrected chi connectivity index (χ1v) is 44.4. The van der Waals surface area contributed by atoms with Crippen LogP contribution in [0.3, 0.4) is 0 Å². The van der Waals surface area contributed by atoms with Gasteiger partial charge in [0.05, 0.1) is 89.2 Å². The molecule has 7 N–H and O–H groups in total. The zero-order valence-corrected chi connectivity index (χ0v) is 78.5. The van der Waals surface area contributed by atoms with Crippen molar-refractivity contribution in [1.82, 2.24) is 50.8 Å². The van der Waals surface area contributed by atoms with Crippen LogP contribution in [0.15, 0.2) is 281 Å². The van der Waals surface area contributed by atoms with Crippen LogP contribution >= 0.6 is 24.8 Å². The van der Waals surface area contributed by atoms with E-state index in [1.807, 2.05) is 190 Å². The molecule has 2 unspecified atom stereocenters. The van der Waals surface area contributed by atoms with E-state index in [2.05, 4.69) is 125 Å². The number of ether oxygens (including phenoxy) is 9. The summed E-state index contributed by atoms with van der Waals surface area (Å²) in [6.07, 6.45) is 19.5. The highest BCUT2D eigenvalue weighted by molar-refractivity contribution is 6.21. The Morgan fingerprint density at radius 2 is 0.489 bits per heavy atom. The molecule has 6 atom stereocenters. The number of amides is 5. The average molecular weight is 1860 g/mol. The van der Waals surface area contributed by atoms with Gasteiger partial charge in [0, 0.05) is 87.5 Å². The number of hydrogen-bond donors (Lipinski definition) is 5. The molecule has 0 aliphatic carbocycles. The molecule has 0 bridgehead atoms. The second-order valence-corrected chi connectivity index (χ2v) is 35.3. The van der Waals surface area contributed by atoms with Crippen LogP contribution in [-0.4, -0.2) is 121 Å². The number of alkyl carbamates (subject to hydrolysis) is 3. The highest BCUT2D eigenvalue weighted by Crippen LogP contribution is 2.44. The molecular formula is C107H112Cl2N12O14. The fourth-order valence-corrected chi connectivity index (χ4v) is 16.9. The lowest BCUT2D eigenvalue weighted by Gasteiger charge is -2.20. The minimum absolute atomic E-state index is 0. The number of imide groups is 1. The second kappa shape index (κ2) is 45.6. The quantitative estimate of drug-likeness (QED) is 0.0443. The van der Waals surface area contributed by atoms with Gasteiger partial charge >= 0.3 is 18.3 Å². The number of aromatic nitrogens is 6. The molecule has 6 aromatic heterocycles. The third kappa shape index (κ3) is 24.8. The third-order valence-corrected chi connectivity index (χ3v) is 23.0. The van der Waals surface area contributed by atoms with E-state index in [9.17, 15) is 24.0 Å². The lowest BCUT2D eigenvalue weighted by molar-refractivity contribution is 0.0313. The lowest BCUT2D eigenvalue weighted by atomic mass is 9.95. The molecule has 28 heteroatoms. The molecule has 0 radical (unpaired) electrons. The van der Waals surface area contributed by atoms with Crippen LogP contribution in [0.4, 0.5) is 14.4 Å². The van der Waals surface area contributed by atoms with Gasteiger partial charge in [-0.1, -0.05) is 121 Å². The molecule has 5 amide bonds. The average Bonchev–Trinajstić information content (AvgIpc) is 1.61. The Balaban J connectivity index is 0.000000138. The van der Waals surface area contributed by atoms with Crippen LogP contribution in [0.1, 0.15) is 186 Å². The zero-order chi connectivity index (χ0) is 93.2. The summed E-state index contributed by atoms with van der Waals surface area (Å²) < 4.78 is 50.8. The summed E-state index contributed by atoms with van der Waals surface area (Å²) in [5.41, 5.74) is 38.5. The molecule has 7 aliphatic rings. The number of rotatable bonds is 16. The van der Waals surface area contributed by atoms with E-state index in [4.69, 9.17) is 54.1 Å². The molecule has 13 aromatic rings. The zero-order valence-electron chi connectivity index (χ0n) is 76.8. The largest absolute Gasteiger partial charge is 0.444 e. The summed E-state index contributed by atoms with van der Waals surface area (Å²) in [5, 5.41) is 8.36. The van der Waals surface area contributed by atoms with Crippen molar-refractivity contribution in [3.05, 3.63) is 359 Å². The van der Waals surface area contributed by atoms with Gasteiger partial charge in [-0.3, -0.25) is 44.4 Å². The van der Waals surface area contributed by atoms with Crippen molar-refractivity contribution in [3.8, 4) is 66.8 Å². The maximum Gasteiger partial charge on any atom is 0.407 e. The fourth-order valence-electron chi connectivity index (χ4n) is 16.9. The predicted molar refractivity (Wildman–Crippen MR) is 520 cm³/mol.